The molecular weight excluding hydrogens is 469 g/mol. The number of piperidine rings is 1. The molecular formula is C25H26FN5O5. The molecule has 4 rings (SSSR count). The lowest BCUT2D eigenvalue weighted by molar-refractivity contribution is 0.0520. The summed E-state index contributed by atoms with van der Waals surface area (Å²) in [5.74, 6) is -0.918. The van der Waals surface area contributed by atoms with Crippen molar-refractivity contribution in [1.82, 2.24) is 19.9 Å². The SMILES string of the molecule is CCOC(=O)c1[nH]c([C@@H]2CCCCN2C(=O)O)nc1-c1ccc(C(=O)Nc2cc(C)c(F)cn2)cc1. The number of aromatic nitrogens is 3. The van der Waals surface area contributed by atoms with Crippen LogP contribution < -0.4 is 5.32 Å². The smallest absolute Gasteiger partial charge is 0.407 e. The molecule has 36 heavy (non-hydrogen) atoms. The van der Waals surface area contributed by atoms with Gasteiger partial charge in [-0.1, -0.05) is 12.1 Å². The van der Waals surface area contributed by atoms with E-state index in [1.54, 1.807) is 38.1 Å². The molecule has 0 aliphatic carbocycles. The maximum Gasteiger partial charge on any atom is 0.407 e. The number of H-pyrrole nitrogens is 1. The molecule has 0 radical (unpaired) electrons. The lowest BCUT2D eigenvalue weighted by Crippen LogP contribution is -2.38. The molecule has 1 fully saturated rings. The third-order valence-electron chi connectivity index (χ3n) is 5.97. The second-order valence-electron chi connectivity index (χ2n) is 8.40. The number of benzene rings is 1. The summed E-state index contributed by atoms with van der Waals surface area (Å²) in [6.07, 6.45) is 2.18. The number of ether oxygens (including phenoxy) is 1. The van der Waals surface area contributed by atoms with Crippen LogP contribution in [0.3, 0.4) is 0 Å². The summed E-state index contributed by atoms with van der Waals surface area (Å²) in [6.45, 7) is 3.81. The van der Waals surface area contributed by atoms with E-state index in [-0.39, 0.29) is 18.1 Å². The molecule has 1 aromatic carbocycles. The van der Waals surface area contributed by atoms with Gasteiger partial charge in [-0.15, -0.1) is 0 Å². The van der Waals surface area contributed by atoms with Crippen LogP contribution in [-0.2, 0) is 4.74 Å². The summed E-state index contributed by atoms with van der Waals surface area (Å²) in [7, 11) is 0. The number of carbonyl (C=O) groups excluding carboxylic acids is 2. The van der Waals surface area contributed by atoms with E-state index in [9.17, 15) is 23.9 Å². The predicted molar refractivity (Wildman–Crippen MR) is 128 cm³/mol. The Balaban J connectivity index is 1.62. The molecule has 0 spiro atoms. The third kappa shape index (κ3) is 5.19. The van der Waals surface area contributed by atoms with Gasteiger partial charge in [-0.05, 0) is 56.9 Å². The third-order valence-corrected chi connectivity index (χ3v) is 5.97. The van der Waals surface area contributed by atoms with Crippen molar-refractivity contribution in [2.45, 2.75) is 39.2 Å². The average Bonchev–Trinajstić information content (AvgIpc) is 3.32. The van der Waals surface area contributed by atoms with E-state index in [0.29, 0.717) is 41.2 Å². The molecule has 0 saturated carbocycles. The molecule has 3 heterocycles. The maximum atomic E-state index is 13.4. The molecule has 1 atom stereocenters. The van der Waals surface area contributed by atoms with Crippen LogP contribution in [0.4, 0.5) is 15.0 Å². The number of imidazole rings is 1. The first kappa shape index (κ1) is 24.8. The van der Waals surface area contributed by atoms with Crippen LogP contribution in [-0.4, -0.2) is 56.1 Å². The number of pyridine rings is 1. The van der Waals surface area contributed by atoms with Crippen LogP contribution in [0.25, 0.3) is 11.3 Å². The van der Waals surface area contributed by atoms with Gasteiger partial charge in [-0.3, -0.25) is 9.69 Å². The van der Waals surface area contributed by atoms with Crippen molar-refractivity contribution in [3.63, 3.8) is 0 Å². The molecule has 3 N–H and O–H groups in total. The Kier molecular flexibility index (Phi) is 7.28. The first-order chi connectivity index (χ1) is 17.3. The molecule has 0 unspecified atom stereocenters. The fourth-order valence-corrected chi connectivity index (χ4v) is 4.13. The number of nitrogens with zero attached hydrogens (tertiary/aromatic N) is 3. The van der Waals surface area contributed by atoms with Crippen molar-refractivity contribution in [2.75, 3.05) is 18.5 Å². The molecule has 11 heteroatoms. The first-order valence-electron chi connectivity index (χ1n) is 11.6. The number of halogens is 1. The summed E-state index contributed by atoms with van der Waals surface area (Å²) in [4.78, 5) is 49.8. The van der Waals surface area contributed by atoms with Crippen molar-refractivity contribution in [3.05, 3.63) is 65.0 Å². The van der Waals surface area contributed by atoms with Gasteiger partial charge in [0.1, 0.15) is 23.2 Å². The standard InChI is InChI=1S/C25H26FN5O5/c1-3-36-24(33)21-20(29-22(30-21)18-6-4-5-11-31(18)25(34)35)15-7-9-16(10-8-15)23(32)28-19-12-14(2)17(26)13-27-19/h7-10,12-13,18H,3-6,11H2,1-2H3,(H,29,30)(H,34,35)(H,27,28,32)/t18-/m0/s1. The van der Waals surface area contributed by atoms with Gasteiger partial charge in [-0.25, -0.2) is 23.9 Å². The number of aromatic amines is 1. The second kappa shape index (κ2) is 10.5. The van der Waals surface area contributed by atoms with Crippen LogP contribution >= 0.6 is 0 Å². The van der Waals surface area contributed by atoms with Crippen molar-refractivity contribution >= 4 is 23.8 Å². The molecule has 3 aromatic rings. The minimum atomic E-state index is -1.04. The summed E-state index contributed by atoms with van der Waals surface area (Å²) in [5, 5.41) is 12.2. The van der Waals surface area contributed by atoms with Gasteiger partial charge in [0, 0.05) is 17.7 Å². The topological polar surface area (TPSA) is 138 Å². The van der Waals surface area contributed by atoms with Crippen molar-refractivity contribution in [1.29, 1.82) is 0 Å². The molecule has 1 aliphatic rings. The first-order valence-corrected chi connectivity index (χ1v) is 11.6. The quantitative estimate of drug-likeness (QED) is 0.427. The monoisotopic (exact) mass is 495 g/mol. The van der Waals surface area contributed by atoms with Crippen LogP contribution in [0, 0.1) is 12.7 Å². The molecule has 0 bridgehead atoms. The highest BCUT2D eigenvalue weighted by Gasteiger charge is 2.32. The van der Waals surface area contributed by atoms with Gasteiger partial charge in [0.15, 0.2) is 5.69 Å². The minimum Gasteiger partial charge on any atom is -0.465 e. The van der Waals surface area contributed by atoms with Crippen molar-refractivity contribution in [2.24, 2.45) is 0 Å². The van der Waals surface area contributed by atoms with Gasteiger partial charge in [0.25, 0.3) is 5.91 Å². The van der Waals surface area contributed by atoms with Gasteiger partial charge < -0.3 is 20.1 Å². The van der Waals surface area contributed by atoms with Crippen LogP contribution in [0.15, 0.2) is 36.5 Å². The molecule has 1 saturated heterocycles. The van der Waals surface area contributed by atoms with Crippen molar-refractivity contribution in [3.8, 4) is 11.3 Å². The van der Waals surface area contributed by atoms with E-state index in [1.807, 2.05) is 0 Å². The Morgan fingerprint density at radius 2 is 2.00 bits per heavy atom. The number of anilines is 1. The summed E-state index contributed by atoms with van der Waals surface area (Å²) in [5.41, 5.74) is 1.65. The number of carboxylic acid groups (broad SMARTS) is 1. The van der Waals surface area contributed by atoms with Crippen LogP contribution in [0.1, 0.15) is 64.5 Å². The van der Waals surface area contributed by atoms with E-state index < -0.39 is 29.8 Å². The largest absolute Gasteiger partial charge is 0.465 e. The van der Waals surface area contributed by atoms with Gasteiger partial charge >= 0.3 is 12.1 Å². The summed E-state index contributed by atoms with van der Waals surface area (Å²) in [6, 6.07) is 7.33. The zero-order valence-corrected chi connectivity index (χ0v) is 19.9. The van der Waals surface area contributed by atoms with E-state index in [1.165, 1.54) is 11.0 Å². The summed E-state index contributed by atoms with van der Waals surface area (Å²) < 4.78 is 18.6. The highest BCUT2D eigenvalue weighted by Crippen LogP contribution is 2.32. The Bertz CT molecular complexity index is 1290. The Labute approximate surface area is 206 Å². The summed E-state index contributed by atoms with van der Waals surface area (Å²) >= 11 is 0. The van der Waals surface area contributed by atoms with E-state index in [2.05, 4.69) is 20.3 Å². The van der Waals surface area contributed by atoms with Crippen molar-refractivity contribution < 1.29 is 28.6 Å². The highest BCUT2D eigenvalue weighted by atomic mass is 19.1. The van der Waals surface area contributed by atoms with Crippen LogP contribution in [0.5, 0.6) is 0 Å². The van der Waals surface area contributed by atoms with Crippen LogP contribution in [0.2, 0.25) is 0 Å². The number of aryl methyl sites for hydroxylation is 1. The number of likely N-dealkylation sites (tertiary alicyclic amines) is 1. The normalized spacial score (nSPS) is 15.4. The van der Waals surface area contributed by atoms with Gasteiger partial charge in [-0.2, -0.15) is 0 Å². The Hall–Kier alpha value is -4.28. The Morgan fingerprint density at radius 3 is 2.67 bits per heavy atom. The predicted octanol–water partition coefficient (Wildman–Crippen LogP) is 4.55. The lowest BCUT2D eigenvalue weighted by atomic mass is 10.0. The number of amides is 2. The number of hydrogen-bond donors (Lipinski definition) is 3. The Morgan fingerprint density at radius 1 is 1.25 bits per heavy atom. The fraction of sp³-hybridized carbons (Fsp3) is 0.320. The maximum absolute atomic E-state index is 13.4. The average molecular weight is 496 g/mol. The van der Waals surface area contributed by atoms with E-state index in [4.69, 9.17) is 4.74 Å². The second-order valence-corrected chi connectivity index (χ2v) is 8.40. The molecule has 1 aliphatic heterocycles. The molecule has 10 nitrogen and oxygen atoms in total. The number of esters is 1. The minimum absolute atomic E-state index is 0.117. The number of carbonyl (C=O) groups is 3. The molecule has 2 aromatic heterocycles. The zero-order valence-electron chi connectivity index (χ0n) is 19.9. The lowest BCUT2D eigenvalue weighted by Gasteiger charge is -2.32. The molecule has 188 valence electrons. The zero-order chi connectivity index (χ0) is 25.8. The molecule has 2 amide bonds. The van der Waals surface area contributed by atoms with Gasteiger partial charge in [0.05, 0.1) is 18.8 Å². The number of hydrogen-bond acceptors (Lipinski definition) is 6. The number of nitrogens with one attached hydrogen (secondary N) is 2. The highest BCUT2D eigenvalue weighted by molar-refractivity contribution is 6.04. The van der Waals surface area contributed by atoms with Gasteiger partial charge in [0.2, 0.25) is 0 Å². The van der Waals surface area contributed by atoms with E-state index >= 15 is 0 Å². The van der Waals surface area contributed by atoms with E-state index in [0.717, 1.165) is 19.0 Å². The fourth-order valence-electron chi connectivity index (χ4n) is 4.13. The number of rotatable bonds is 6.